The van der Waals surface area contributed by atoms with Gasteiger partial charge in [-0.15, -0.1) is 11.3 Å². The SMILES string of the molecule is CN(CCO)C(=O)Cc1csc2nc(-c3ccccc3)cn12. The number of thiazole rings is 1. The van der Waals surface area contributed by atoms with Gasteiger partial charge < -0.3 is 10.0 Å². The van der Waals surface area contributed by atoms with E-state index in [4.69, 9.17) is 5.11 Å². The number of likely N-dealkylation sites (N-methyl/N-ethyl adjacent to an activating group) is 1. The Morgan fingerprint density at radius 1 is 1.36 bits per heavy atom. The van der Waals surface area contributed by atoms with Crippen LogP contribution in [0.25, 0.3) is 16.2 Å². The van der Waals surface area contributed by atoms with Crippen molar-refractivity contribution in [1.29, 1.82) is 0 Å². The zero-order valence-electron chi connectivity index (χ0n) is 12.3. The molecule has 0 aliphatic carbocycles. The number of hydrogen-bond acceptors (Lipinski definition) is 4. The zero-order valence-corrected chi connectivity index (χ0v) is 13.1. The molecule has 5 nitrogen and oxygen atoms in total. The summed E-state index contributed by atoms with van der Waals surface area (Å²) in [6.07, 6.45) is 2.27. The van der Waals surface area contributed by atoms with Gasteiger partial charge in [-0.3, -0.25) is 9.20 Å². The average molecular weight is 315 g/mol. The van der Waals surface area contributed by atoms with Crippen molar-refractivity contribution in [2.45, 2.75) is 6.42 Å². The Morgan fingerprint density at radius 2 is 2.14 bits per heavy atom. The molecule has 0 saturated carbocycles. The molecule has 0 unspecified atom stereocenters. The molecule has 1 amide bonds. The van der Waals surface area contributed by atoms with E-state index in [1.54, 1.807) is 11.9 Å². The summed E-state index contributed by atoms with van der Waals surface area (Å²) in [6.45, 7) is 0.329. The Labute approximate surface area is 132 Å². The number of aliphatic hydroxyl groups excluding tert-OH is 1. The third-order valence-corrected chi connectivity index (χ3v) is 4.44. The predicted molar refractivity (Wildman–Crippen MR) is 86.9 cm³/mol. The van der Waals surface area contributed by atoms with Crippen molar-refractivity contribution < 1.29 is 9.90 Å². The van der Waals surface area contributed by atoms with Crippen molar-refractivity contribution in [3.05, 3.63) is 47.6 Å². The van der Waals surface area contributed by atoms with Crippen LogP contribution < -0.4 is 0 Å². The van der Waals surface area contributed by atoms with Gasteiger partial charge in [-0.25, -0.2) is 4.98 Å². The Balaban J connectivity index is 1.86. The molecule has 0 radical (unpaired) electrons. The molecule has 0 fully saturated rings. The monoisotopic (exact) mass is 315 g/mol. The van der Waals surface area contributed by atoms with Crippen LogP contribution in [0.15, 0.2) is 41.9 Å². The predicted octanol–water partition coefficient (Wildman–Crippen LogP) is 2.06. The van der Waals surface area contributed by atoms with Crippen LogP contribution in [0.3, 0.4) is 0 Å². The Kier molecular flexibility index (Phi) is 4.22. The van der Waals surface area contributed by atoms with Gasteiger partial charge in [0.05, 0.1) is 18.7 Å². The van der Waals surface area contributed by atoms with Crippen molar-refractivity contribution >= 4 is 22.2 Å². The van der Waals surface area contributed by atoms with E-state index < -0.39 is 0 Å². The number of nitrogens with zero attached hydrogens (tertiary/aromatic N) is 3. The van der Waals surface area contributed by atoms with Crippen LogP contribution in [0, 0.1) is 0 Å². The number of carbonyl (C=O) groups excluding carboxylic acids is 1. The minimum absolute atomic E-state index is 0.0105. The highest BCUT2D eigenvalue weighted by molar-refractivity contribution is 7.15. The molecule has 3 aromatic rings. The molecule has 0 saturated heterocycles. The summed E-state index contributed by atoms with van der Waals surface area (Å²) < 4.78 is 1.97. The highest BCUT2D eigenvalue weighted by atomic mass is 32.1. The molecule has 0 aliphatic rings. The number of benzene rings is 1. The standard InChI is InChI=1S/C16H17N3O2S/c1-18(7-8-20)15(21)9-13-11-22-16-17-14(10-19(13)16)12-5-3-2-4-6-12/h2-6,10-11,20H,7-9H2,1H3. The molecule has 22 heavy (non-hydrogen) atoms. The van der Waals surface area contributed by atoms with Crippen molar-refractivity contribution in [1.82, 2.24) is 14.3 Å². The van der Waals surface area contributed by atoms with Crippen molar-refractivity contribution in [2.24, 2.45) is 0 Å². The van der Waals surface area contributed by atoms with Crippen LogP contribution in [0.2, 0.25) is 0 Å². The number of carbonyl (C=O) groups is 1. The lowest BCUT2D eigenvalue weighted by Crippen LogP contribution is -2.31. The normalized spacial score (nSPS) is 11.0. The number of amides is 1. The lowest BCUT2D eigenvalue weighted by Gasteiger charge is -2.15. The third-order valence-electron chi connectivity index (χ3n) is 3.55. The van der Waals surface area contributed by atoms with Crippen LogP contribution in [0.4, 0.5) is 0 Å². The van der Waals surface area contributed by atoms with Crippen molar-refractivity contribution in [3.8, 4) is 11.3 Å². The molecule has 114 valence electrons. The summed E-state index contributed by atoms with van der Waals surface area (Å²) in [5.74, 6) is -0.0105. The maximum Gasteiger partial charge on any atom is 0.228 e. The maximum atomic E-state index is 12.1. The molecule has 0 bridgehead atoms. The molecule has 1 aromatic carbocycles. The molecule has 6 heteroatoms. The molecular formula is C16H17N3O2S. The molecule has 1 N–H and O–H groups in total. The van der Waals surface area contributed by atoms with Gasteiger partial charge in [0, 0.05) is 36.4 Å². The van der Waals surface area contributed by atoms with Crippen LogP contribution >= 0.6 is 11.3 Å². The highest BCUT2D eigenvalue weighted by Gasteiger charge is 2.14. The van der Waals surface area contributed by atoms with Gasteiger partial charge in [-0.1, -0.05) is 30.3 Å². The van der Waals surface area contributed by atoms with Gasteiger partial charge in [0.25, 0.3) is 0 Å². The van der Waals surface area contributed by atoms with Crippen molar-refractivity contribution in [3.63, 3.8) is 0 Å². The van der Waals surface area contributed by atoms with E-state index in [0.717, 1.165) is 21.9 Å². The second-order valence-corrected chi connectivity index (χ2v) is 5.92. The van der Waals surface area contributed by atoms with Gasteiger partial charge in [0.15, 0.2) is 4.96 Å². The number of rotatable bonds is 5. The summed E-state index contributed by atoms with van der Waals surface area (Å²) >= 11 is 1.53. The highest BCUT2D eigenvalue weighted by Crippen LogP contribution is 2.23. The summed E-state index contributed by atoms with van der Waals surface area (Å²) in [6, 6.07) is 9.98. The largest absolute Gasteiger partial charge is 0.395 e. The van der Waals surface area contributed by atoms with Gasteiger partial charge >= 0.3 is 0 Å². The Morgan fingerprint density at radius 3 is 2.86 bits per heavy atom. The number of aliphatic hydroxyl groups is 1. The van der Waals surface area contributed by atoms with Crippen LogP contribution in [0.1, 0.15) is 5.69 Å². The van der Waals surface area contributed by atoms with E-state index in [1.807, 2.05) is 46.3 Å². The molecule has 2 aromatic heterocycles. The van der Waals surface area contributed by atoms with Gasteiger partial charge in [-0.05, 0) is 0 Å². The average Bonchev–Trinajstić information content (AvgIpc) is 3.10. The molecule has 0 aliphatic heterocycles. The second kappa shape index (κ2) is 6.29. The first-order chi connectivity index (χ1) is 10.7. The van der Waals surface area contributed by atoms with E-state index in [9.17, 15) is 4.79 Å². The first kappa shape index (κ1) is 14.7. The van der Waals surface area contributed by atoms with Gasteiger partial charge in [0.2, 0.25) is 5.91 Å². The van der Waals surface area contributed by atoms with E-state index in [0.29, 0.717) is 13.0 Å². The quantitative estimate of drug-likeness (QED) is 0.784. The second-order valence-electron chi connectivity index (χ2n) is 5.09. The van der Waals surface area contributed by atoms with E-state index in [-0.39, 0.29) is 12.5 Å². The number of fused-ring (bicyclic) bond motifs is 1. The molecule has 0 spiro atoms. The Hall–Kier alpha value is -2.18. The summed E-state index contributed by atoms with van der Waals surface area (Å²) in [4.78, 5) is 19.1. The molecule has 0 atom stereocenters. The summed E-state index contributed by atoms with van der Waals surface area (Å²) in [5, 5.41) is 10.9. The Bertz CT molecular complexity index is 779. The van der Waals surface area contributed by atoms with E-state index in [1.165, 1.54) is 11.3 Å². The van der Waals surface area contributed by atoms with E-state index in [2.05, 4.69) is 4.98 Å². The number of aromatic nitrogens is 2. The lowest BCUT2D eigenvalue weighted by molar-refractivity contribution is -0.129. The maximum absolute atomic E-state index is 12.1. The first-order valence-corrected chi connectivity index (χ1v) is 7.92. The van der Waals surface area contributed by atoms with Gasteiger partial charge in [0.1, 0.15) is 0 Å². The summed E-state index contributed by atoms with van der Waals surface area (Å²) in [7, 11) is 1.70. The minimum Gasteiger partial charge on any atom is -0.395 e. The smallest absolute Gasteiger partial charge is 0.228 e. The molecule has 2 heterocycles. The van der Waals surface area contributed by atoms with Crippen LogP contribution in [-0.2, 0) is 11.2 Å². The fourth-order valence-electron chi connectivity index (χ4n) is 2.27. The lowest BCUT2D eigenvalue weighted by atomic mass is 10.2. The minimum atomic E-state index is -0.0233. The van der Waals surface area contributed by atoms with Crippen LogP contribution in [-0.4, -0.2) is 45.5 Å². The summed E-state index contributed by atoms with van der Waals surface area (Å²) in [5.41, 5.74) is 2.89. The first-order valence-electron chi connectivity index (χ1n) is 7.04. The van der Waals surface area contributed by atoms with Crippen LogP contribution in [0.5, 0.6) is 0 Å². The molecular weight excluding hydrogens is 298 g/mol. The van der Waals surface area contributed by atoms with E-state index >= 15 is 0 Å². The zero-order chi connectivity index (χ0) is 15.5. The third kappa shape index (κ3) is 2.88. The van der Waals surface area contributed by atoms with Crippen molar-refractivity contribution in [2.75, 3.05) is 20.2 Å². The molecule has 3 rings (SSSR count). The number of imidazole rings is 1. The fourth-order valence-corrected chi connectivity index (χ4v) is 3.14. The van der Waals surface area contributed by atoms with Gasteiger partial charge in [-0.2, -0.15) is 0 Å². The number of hydrogen-bond donors (Lipinski definition) is 1. The topological polar surface area (TPSA) is 57.8 Å². The fraction of sp³-hybridized carbons (Fsp3) is 0.250.